The van der Waals surface area contributed by atoms with Gasteiger partial charge >= 0.3 is 23.8 Å². The summed E-state index contributed by atoms with van der Waals surface area (Å²) in [4.78, 5) is 43.7. The summed E-state index contributed by atoms with van der Waals surface area (Å²) in [6.45, 7) is 4.82. The van der Waals surface area contributed by atoms with Crippen LogP contribution in [-0.4, -0.2) is 66.4 Å². The van der Waals surface area contributed by atoms with Gasteiger partial charge in [-0.25, -0.2) is 14.4 Å². The molecule has 0 spiro atoms. The van der Waals surface area contributed by atoms with Crippen molar-refractivity contribution in [2.24, 2.45) is 7.05 Å². The van der Waals surface area contributed by atoms with Gasteiger partial charge < -0.3 is 20.4 Å². The number of anilines is 1. The number of pyridine rings is 2. The summed E-state index contributed by atoms with van der Waals surface area (Å²) in [5.41, 5.74) is 3.30. The Hall–Kier alpha value is -6.02. The molecule has 3 aromatic heterocycles. The van der Waals surface area contributed by atoms with Crippen LogP contribution in [0.1, 0.15) is 19.4 Å². The largest absolute Gasteiger partial charge is 0.478 e. The topological polar surface area (TPSA) is 143 Å². The van der Waals surface area contributed by atoms with E-state index in [0.29, 0.717) is 47.2 Å². The number of fused-ring (bicyclic) bond motifs is 4. The molecule has 1 fully saturated rings. The van der Waals surface area contributed by atoms with E-state index >= 15 is 0 Å². The first-order valence-electron chi connectivity index (χ1n) is 15.9. The summed E-state index contributed by atoms with van der Waals surface area (Å²) in [6, 6.07) is 19.8. The van der Waals surface area contributed by atoms with E-state index in [4.69, 9.17) is 10.2 Å². The van der Waals surface area contributed by atoms with Crippen LogP contribution >= 0.6 is 0 Å². The first kappa shape index (κ1) is 34.8. The highest BCUT2D eigenvalue weighted by molar-refractivity contribution is 6.05. The van der Waals surface area contributed by atoms with Gasteiger partial charge in [0.1, 0.15) is 0 Å². The second-order valence-corrected chi connectivity index (χ2v) is 12.4. The van der Waals surface area contributed by atoms with Crippen LogP contribution in [0.15, 0.2) is 96.1 Å². The van der Waals surface area contributed by atoms with Crippen LogP contribution in [0.5, 0.6) is 0 Å². The average molecular weight is 699 g/mol. The van der Waals surface area contributed by atoms with Gasteiger partial charge in [0.25, 0.3) is 0 Å². The molecule has 7 rings (SSSR count). The van der Waals surface area contributed by atoms with Crippen molar-refractivity contribution >= 4 is 50.5 Å². The fourth-order valence-electron chi connectivity index (χ4n) is 6.48. The summed E-state index contributed by atoms with van der Waals surface area (Å²) in [5.74, 6) is -2.51. The molecule has 0 unspecified atom stereocenters. The number of rotatable bonds is 5. The SMILES string of the molecule is C[C@@H]1CN(c2ccc(-n3c(=O)n(C)c4cnc5ccc(-c6cnc7ccccc7c6)cc5c43)cc2C(F)(F)F)C[C@H](C)N1.O=C(O)C=CC(=O)O. The molecule has 0 saturated carbocycles. The summed E-state index contributed by atoms with van der Waals surface area (Å²) in [7, 11) is 1.61. The maximum Gasteiger partial charge on any atom is 0.418 e. The number of nitrogens with one attached hydrogen (secondary N) is 1. The molecule has 0 amide bonds. The van der Waals surface area contributed by atoms with Crippen molar-refractivity contribution in [3.05, 3.63) is 107 Å². The number of benzene rings is 3. The highest BCUT2D eigenvalue weighted by Crippen LogP contribution is 2.39. The number of aromatic nitrogens is 4. The molecule has 1 aliphatic rings. The average Bonchev–Trinajstić information content (AvgIpc) is 3.35. The monoisotopic (exact) mass is 698 g/mol. The van der Waals surface area contributed by atoms with Crippen molar-refractivity contribution in [3.8, 4) is 16.8 Å². The molecular formula is C37H33F3N6O5. The minimum absolute atomic E-state index is 0.0380. The lowest BCUT2D eigenvalue weighted by atomic mass is 10.0. The van der Waals surface area contributed by atoms with E-state index in [1.54, 1.807) is 30.4 Å². The number of hydrogen-bond donors (Lipinski definition) is 3. The molecule has 0 aliphatic carbocycles. The van der Waals surface area contributed by atoms with Gasteiger partial charge in [-0.1, -0.05) is 24.3 Å². The van der Waals surface area contributed by atoms with E-state index < -0.39 is 29.4 Å². The lowest BCUT2D eigenvalue weighted by molar-refractivity contribution is -0.137. The number of hydrogen-bond acceptors (Lipinski definition) is 7. The Bertz CT molecular complexity index is 2370. The molecule has 2 atom stereocenters. The van der Waals surface area contributed by atoms with Crippen LogP contribution in [-0.2, 0) is 22.8 Å². The zero-order chi connectivity index (χ0) is 36.6. The molecule has 0 radical (unpaired) electrons. The van der Waals surface area contributed by atoms with Crippen LogP contribution in [0.2, 0.25) is 0 Å². The van der Waals surface area contributed by atoms with Crippen molar-refractivity contribution in [2.45, 2.75) is 32.1 Å². The Morgan fingerprint density at radius 1 is 0.863 bits per heavy atom. The fourth-order valence-corrected chi connectivity index (χ4v) is 6.48. The van der Waals surface area contributed by atoms with E-state index in [9.17, 15) is 27.6 Å². The van der Waals surface area contributed by atoms with Gasteiger partial charge in [0.15, 0.2) is 0 Å². The van der Waals surface area contributed by atoms with E-state index in [2.05, 4.69) is 15.3 Å². The minimum atomic E-state index is -4.61. The predicted molar refractivity (Wildman–Crippen MR) is 188 cm³/mol. The van der Waals surface area contributed by atoms with Gasteiger partial charge in [-0.15, -0.1) is 0 Å². The third-order valence-electron chi connectivity index (χ3n) is 8.62. The van der Waals surface area contributed by atoms with Crippen LogP contribution in [0.3, 0.4) is 0 Å². The molecule has 3 N–H and O–H groups in total. The number of aliphatic carboxylic acids is 2. The number of aryl methyl sites for hydroxylation is 1. The van der Waals surface area contributed by atoms with E-state index in [1.165, 1.54) is 15.2 Å². The Labute approximate surface area is 288 Å². The maximum absolute atomic E-state index is 14.6. The number of carboxylic acid groups (broad SMARTS) is 2. The zero-order valence-corrected chi connectivity index (χ0v) is 27.7. The van der Waals surface area contributed by atoms with Crippen molar-refractivity contribution in [2.75, 3.05) is 18.0 Å². The second-order valence-electron chi connectivity index (χ2n) is 12.4. The number of carbonyl (C=O) groups is 2. The Morgan fingerprint density at radius 2 is 1.53 bits per heavy atom. The zero-order valence-electron chi connectivity index (χ0n) is 27.7. The standard InChI is InChI=1S/C33H29F3N6O.C4H4O4/c1-19-17-41(18-20(2)39-19)29-11-9-24(14-26(29)33(34,35)36)42-31-25-13-21(23-12-22-6-4-5-7-27(22)37-15-23)8-10-28(25)38-16-30(31)40(3)32(42)43;5-3(6)1-2-4(7)8/h4-16,19-20,39H,17-18H2,1-3H3;1-2H,(H,5,6)(H,7,8)/t19-,20+;. The fraction of sp³-hybridized carbons (Fsp3) is 0.216. The lowest BCUT2D eigenvalue weighted by Crippen LogP contribution is -2.54. The summed E-state index contributed by atoms with van der Waals surface area (Å²) < 4.78 is 46.5. The van der Waals surface area contributed by atoms with Gasteiger partial charge in [0.05, 0.1) is 39.5 Å². The van der Waals surface area contributed by atoms with Crippen LogP contribution in [0.25, 0.3) is 49.7 Å². The van der Waals surface area contributed by atoms with Crippen LogP contribution in [0.4, 0.5) is 18.9 Å². The first-order chi connectivity index (χ1) is 24.2. The molecule has 1 aliphatic heterocycles. The third-order valence-corrected chi connectivity index (χ3v) is 8.62. The number of imidazole rings is 1. The molecule has 14 heteroatoms. The summed E-state index contributed by atoms with van der Waals surface area (Å²) in [5, 5.41) is 20.6. The van der Waals surface area contributed by atoms with Crippen LogP contribution in [0, 0.1) is 0 Å². The molecule has 51 heavy (non-hydrogen) atoms. The number of carboxylic acids is 2. The highest BCUT2D eigenvalue weighted by atomic mass is 19.4. The van der Waals surface area contributed by atoms with Gasteiger partial charge in [-0.05, 0) is 61.9 Å². The molecule has 6 aromatic rings. The Morgan fingerprint density at radius 3 is 2.20 bits per heavy atom. The molecule has 3 aromatic carbocycles. The number of nitrogens with zero attached hydrogens (tertiary/aromatic N) is 5. The van der Waals surface area contributed by atoms with Gasteiger partial charge in [0.2, 0.25) is 0 Å². The van der Waals surface area contributed by atoms with Crippen molar-refractivity contribution in [3.63, 3.8) is 0 Å². The maximum atomic E-state index is 14.6. The van der Waals surface area contributed by atoms with Gasteiger partial charge in [-0.2, -0.15) is 13.2 Å². The Kier molecular flexibility index (Phi) is 9.36. The summed E-state index contributed by atoms with van der Waals surface area (Å²) >= 11 is 0. The Balaban J connectivity index is 0.000000503. The van der Waals surface area contributed by atoms with E-state index in [-0.39, 0.29) is 23.5 Å². The molecule has 0 bridgehead atoms. The van der Waals surface area contributed by atoms with Gasteiger partial charge in [0, 0.05) is 72.6 Å². The molecule has 262 valence electrons. The van der Waals surface area contributed by atoms with Crippen molar-refractivity contribution in [1.82, 2.24) is 24.4 Å². The van der Waals surface area contributed by atoms with E-state index in [0.717, 1.165) is 28.1 Å². The van der Waals surface area contributed by atoms with Crippen molar-refractivity contribution in [1.29, 1.82) is 0 Å². The quantitative estimate of drug-likeness (QED) is 0.185. The second kappa shape index (κ2) is 13.7. The number of halogens is 3. The van der Waals surface area contributed by atoms with E-state index in [1.807, 2.05) is 62.4 Å². The molecular weight excluding hydrogens is 665 g/mol. The normalized spacial score (nSPS) is 16.5. The molecule has 1 saturated heterocycles. The smallest absolute Gasteiger partial charge is 0.418 e. The molecule has 11 nitrogen and oxygen atoms in total. The minimum Gasteiger partial charge on any atom is -0.478 e. The summed E-state index contributed by atoms with van der Waals surface area (Å²) in [6.07, 6.45) is -0.113. The van der Waals surface area contributed by atoms with Crippen LogP contribution < -0.4 is 15.9 Å². The van der Waals surface area contributed by atoms with Gasteiger partial charge in [-0.3, -0.25) is 19.1 Å². The number of para-hydroxylation sites is 1. The first-order valence-corrected chi connectivity index (χ1v) is 15.9. The third kappa shape index (κ3) is 7.17. The highest BCUT2D eigenvalue weighted by Gasteiger charge is 2.37. The van der Waals surface area contributed by atoms with Crippen molar-refractivity contribution < 1.29 is 33.0 Å². The lowest BCUT2D eigenvalue weighted by Gasteiger charge is -2.38. The predicted octanol–water partition coefficient (Wildman–Crippen LogP) is 6.01. The molecule has 4 heterocycles. The number of alkyl halides is 3. The number of piperazine rings is 1.